The van der Waals surface area contributed by atoms with Crippen molar-refractivity contribution in [1.82, 2.24) is 0 Å². The Morgan fingerprint density at radius 1 is 0.533 bits per heavy atom. The number of aliphatic hydroxyl groups is 2. The van der Waals surface area contributed by atoms with E-state index in [4.69, 9.17) is 0 Å². The molecular weight excluding hydrogens is 380 g/mol. The van der Waals surface area contributed by atoms with Crippen molar-refractivity contribution in [2.45, 2.75) is 62.6 Å². The third-order valence-electron chi connectivity index (χ3n) is 6.53. The number of carbonyl (C=O) groups is 3. The van der Waals surface area contributed by atoms with Crippen molar-refractivity contribution < 1.29 is 24.6 Å². The Morgan fingerprint density at radius 3 is 1.10 bits per heavy atom. The van der Waals surface area contributed by atoms with Crippen molar-refractivity contribution >= 4 is 17.3 Å². The lowest BCUT2D eigenvalue weighted by Gasteiger charge is -2.20. The van der Waals surface area contributed by atoms with E-state index in [9.17, 15) is 24.6 Å². The molecule has 0 bridgehead atoms. The number of benzene rings is 2. The molecule has 0 radical (unpaired) electrons. The third-order valence-corrected chi connectivity index (χ3v) is 6.53. The molecule has 2 fully saturated rings. The highest BCUT2D eigenvalue weighted by atomic mass is 16.3. The van der Waals surface area contributed by atoms with Gasteiger partial charge in [-0.3, -0.25) is 14.4 Å². The van der Waals surface area contributed by atoms with Gasteiger partial charge in [-0.05, 0) is 51.4 Å². The fourth-order valence-electron chi connectivity index (χ4n) is 4.62. The molecular formula is C25H26O5. The van der Waals surface area contributed by atoms with Crippen LogP contribution in [-0.4, -0.2) is 38.8 Å². The van der Waals surface area contributed by atoms with Gasteiger partial charge >= 0.3 is 0 Å². The van der Waals surface area contributed by atoms with Crippen LogP contribution in [0.4, 0.5) is 0 Å². The van der Waals surface area contributed by atoms with E-state index in [0.29, 0.717) is 47.9 Å². The quantitative estimate of drug-likeness (QED) is 0.710. The molecule has 0 heterocycles. The summed E-state index contributed by atoms with van der Waals surface area (Å²) in [6, 6.07) is 12.7. The minimum Gasteiger partial charge on any atom is -0.382 e. The van der Waals surface area contributed by atoms with E-state index in [1.54, 1.807) is 48.5 Å². The average molecular weight is 406 g/mol. The standard InChI is InChI=1S/C25H26O5/c26-21(17-5-9-19(10-6-17)22(27)24(29)13-1-2-14-24)18-7-11-20(12-8-18)23(28)25(30)15-3-4-16-25/h5-12,29-30H,1-4,13-16H2. The van der Waals surface area contributed by atoms with E-state index in [0.717, 1.165) is 25.7 Å². The van der Waals surface area contributed by atoms with E-state index in [2.05, 4.69) is 0 Å². The molecule has 2 saturated carbocycles. The number of ketones is 3. The van der Waals surface area contributed by atoms with Crippen LogP contribution in [0.15, 0.2) is 48.5 Å². The fourth-order valence-corrected chi connectivity index (χ4v) is 4.62. The number of rotatable bonds is 6. The topological polar surface area (TPSA) is 91.7 Å². The second kappa shape index (κ2) is 7.89. The number of hydrogen-bond acceptors (Lipinski definition) is 5. The van der Waals surface area contributed by atoms with Gasteiger partial charge in [-0.2, -0.15) is 0 Å². The Kier molecular flexibility index (Phi) is 5.43. The normalized spacial score (nSPS) is 19.5. The summed E-state index contributed by atoms with van der Waals surface area (Å²) in [5.41, 5.74) is -0.894. The number of carbonyl (C=O) groups excluding carboxylic acids is 3. The fraction of sp³-hybridized carbons (Fsp3) is 0.400. The molecule has 5 heteroatoms. The molecule has 2 aliphatic carbocycles. The van der Waals surface area contributed by atoms with Crippen molar-refractivity contribution in [2.75, 3.05) is 0 Å². The van der Waals surface area contributed by atoms with Crippen LogP contribution in [0.2, 0.25) is 0 Å². The van der Waals surface area contributed by atoms with Crippen LogP contribution in [0.1, 0.15) is 88.0 Å². The minimum absolute atomic E-state index is 0.216. The van der Waals surface area contributed by atoms with Gasteiger partial charge in [0.25, 0.3) is 0 Å². The van der Waals surface area contributed by atoms with Crippen molar-refractivity contribution in [3.63, 3.8) is 0 Å². The van der Waals surface area contributed by atoms with Crippen LogP contribution < -0.4 is 0 Å². The number of hydrogen-bond donors (Lipinski definition) is 2. The second-order valence-electron chi connectivity index (χ2n) is 8.62. The molecule has 4 rings (SSSR count). The SMILES string of the molecule is O=C(c1ccc(C(=O)C2(O)CCCC2)cc1)c1ccc(C(=O)C2(O)CCCC2)cc1. The first-order valence-corrected chi connectivity index (χ1v) is 10.6. The highest BCUT2D eigenvalue weighted by molar-refractivity contribution is 6.10. The van der Waals surface area contributed by atoms with E-state index >= 15 is 0 Å². The summed E-state index contributed by atoms with van der Waals surface area (Å²) in [4.78, 5) is 37.9. The first-order valence-electron chi connectivity index (χ1n) is 10.6. The summed E-state index contributed by atoms with van der Waals surface area (Å²) in [5.74, 6) is -0.787. The van der Waals surface area contributed by atoms with Gasteiger partial charge < -0.3 is 10.2 Å². The molecule has 30 heavy (non-hydrogen) atoms. The van der Waals surface area contributed by atoms with Crippen molar-refractivity contribution in [3.05, 3.63) is 70.8 Å². The zero-order chi connectivity index (χ0) is 21.4. The summed E-state index contributed by atoms with van der Waals surface area (Å²) in [6.07, 6.45) is 5.28. The number of Topliss-reactive ketones (excluding diaryl/α,β-unsaturated/α-hetero) is 2. The summed E-state index contributed by atoms with van der Waals surface area (Å²) in [5, 5.41) is 21.0. The Labute approximate surface area is 175 Å². The van der Waals surface area contributed by atoms with Crippen LogP contribution in [0.3, 0.4) is 0 Å². The van der Waals surface area contributed by atoms with Gasteiger partial charge in [0.05, 0.1) is 0 Å². The average Bonchev–Trinajstić information content (AvgIpc) is 3.42. The molecule has 0 aliphatic heterocycles. The summed E-state index contributed by atoms with van der Waals surface area (Å²) in [6.45, 7) is 0. The molecule has 2 N–H and O–H groups in total. The van der Waals surface area contributed by atoms with Crippen LogP contribution in [0.25, 0.3) is 0 Å². The van der Waals surface area contributed by atoms with Gasteiger partial charge in [-0.25, -0.2) is 0 Å². The molecule has 156 valence electrons. The smallest absolute Gasteiger partial charge is 0.194 e. The van der Waals surface area contributed by atoms with Crippen molar-refractivity contribution in [3.8, 4) is 0 Å². The van der Waals surface area contributed by atoms with E-state index in [1.807, 2.05) is 0 Å². The summed E-state index contributed by atoms with van der Waals surface area (Å²) in [7, 11) is 0. The van der Waals surface area contributed by atoms with Crippen molar-refractivity contribution in [2.24, 2.45) is 0 Å². The maximum Gasteiger partial charge on any atom is 0.194 e. The van der Waals surface area contributed by atoms with Crippen LogP contribution >= 0.6 is 0 Å². The summed E-state index contributed by atoms with van der Waals surface area (Å²) >= 11 is 0. The molecule has 0 unspecified atom stereocenters. The zero-order valence-electron chi connectivity index (χ0n) is 16.9. The van der Waals surface area contributed by atoms with E-state index in [-0.39, 0.29) is 17.3 Å². The molecule has 2 aromatic carbocycles. The van der Waals surface area contributed by atoms with Crippen molar-refractivity contribution in [1.29, 1.82) is 0 Å². The van der Waals surface area contributed by atoms with Crippen LogP contribution in [0.5, 0.6) is 0 Å². The minimum atomic E-state index is -1.28. The molecule has 2 aliphatic rings. The highest BCUT2D eigenvalue weighted by Crippen LogP contribution is 2.33. The van der Waals surface area contributed by atoms with Gasteiger partial charge in [0.2, 0.25) is 0 Å². The van der Waals surface area contributed by atoms with Gasteiger partial charge in [-0.1, -0.05) is 48.5 Å². The Balaban J connectivity index is 1.48. The second-order valence-corrected chi connectivity index (χ2v) is 8.62. The van der Waals surface area contributed by atoms with Gasteiger partial charge in [0.15, 0.2) is 17.3 Å². The maximum atomic E-state index is 12.8. The molecule has 0 amide bonds. The van der Waals surface area contributed by atoms with Crippen LogP contribution in [0, 0.1) is 0 Å². The van der Waals surface area contributed by atoms with E-state index < -0.39 is 11.2 Å². The summed E-state index contributed by atoms with van der Waals surface area (Å²) < 4.78 is 0. The third kappa shape index (κ3) is 3.75. The van der Waals surface area contributed by atoms with Gasteiger partial charge in [0, 0.05) is 22.3 Å². The molecule has 2 aromatic rings. The monoisotopic (exact) mass is 406 g/mol. The Hall–Kier alpha value is -2.63. The lowest BCUT2D eigenvalue weighted by molar-refractivity contribution is 0.0352. The Bertz CT molecular complexity index is 880. The first-order chi connectivity index (χ1) is 14.3. The van der Waals surface area contributed by atoms with E-state index in [1.165, 1.54) is 0 Å². The first kappa shape index (κ1) is 20.6. The molecule has 5 nitrogen and oxygen atoms in total. The molecule has 0 saturated heterocycles. The lowest BCUT2D eigenvalue weighted by Crippen LogP contribution is -2.35. The lowest BCUT2D eigenvalue weighted by atomic mass is 9.89. The molecule has 0 spiro atoms. The predicted octanol–water partition coefficient (Wildman–Crippen LogP) is 3.89. The van der Waals surface area contributed by atoms with Gasteiger partial charge in [0.1, 0.15) is 11.2 Å². The Morgan fingerprint density at radius 2 is 0.800 bits per heavy atom. The maximum absolute atomic E-state index is 12.8. The zero-order valence-corrected chi connectivity index (χ0v) is 16.9. The molecule has 0 aromatic heterocycles. The predicted molar refractivity (Wildman–Crippen MR) is 112 cm³/mol. The van der Waals surface area contributed by atoms with Gasteiger partial charge in [-0.15, -0.1) is 0 Å². The van der Waals surface area contributed by atoms with Crippen LogP contribution in [-0.2, 0) is 0 Å². The molecule has 0 atom stereocenters. The largest absolute Gasteiger partial charge is 0.382 e. The highest BCUT2D eigenvalue weighted by Gasteiger charge is 2.40.